The van der Waals surface area contributed by atoms with Crippen molar-refractivity contribution in [3.05, 3.63) is 88.7 Å². The smallest absolute Gasteiger partial charge is 0.213 e. The van der Waals surface area contributed by atoms with Crippen LogP contribution in [-0.2, 0) is 5.41 Å². The number of rotatable bonds is 5. The van der Waals surface area contributed by atoms with Crippen molar-refractivity contribution in [3.8, 4) is 0 Å². The molecule has 0 spiro atoms. The highest BCUT2D eigenvalue weighted by Crippen LogP contribution is 2.29. The molecule has 0 saturated heterocycles. The van der Waals surface area contributed by atoms with Crippen LogP contribution < -0.4 is 4.72 Å². The van der Waals surface area contributed by atoms with Crippen molar-refractivity contribution in [2.45, 2.75) is 31.1 Å². The third kappa shape index (κ3) is 4.90. The van der Waals surface area contributed by atoms with Crippen molar-refractivity contribution in [3.63, 3.8) is 0 Å². The topological polar surface area (TPSA) is 42.0 Å². The van der Waals surface area contributed by atoms with Crippen LogP contribution in [0.3, 0.4) is 0 Å². The molecule has 138 valence electrons. The maximum atomic E-state index is 12.8. The van der Waals surface area contributed by atoms with Gasteiger partial charge in [-0.25, -0.2) is 0 Å². The Morgan fingerprint density at radius 3 is 2.41 bits per heavy atom. The first-order valence-electron chi connectivity index (χ1n) is 8.63. The first-order chi connectivity index (χ1) is 12.8. The number of halogens is 1. The minimum Gasteiger partial charge on any atom is -0.325 e. The molecule has 0 aliphatic rings. The molecule has 1 N–H and O–H groups in total. The van der Waals surface area contributed by atoms with Crippen LogP contribution in [-0.4, -0.2) is 10.8 Å². The Hall–Kier alpha value is -2.30. The van der Waals surface area contributed by atoms with Crippen molar-refractivity contribution in [1.29, 1.82) is 0 Å². The number of hydrogen-bond donors (Lipinski definition) is 1. The third-order valence-corrected chi connectivity index (χ3v) is 5.19. The predicted octanol–water partition coefficient (Wildman–Crippen LogP) is 6.38. The van der Waals surface area contributed by atoms with Crippen LogP contribution >= 0.6 is 23.5 Å². The van der Waals surface area contributed by atoms with Gasteiger partial charge in [-0.1, -0.05) is 50.6 Å². The minimum absolute atomic E-state index is 0.120. The van der Waals surface area contributed by atoms with Gasteiger partial charge < -0.3 is 4.72 Å². The van der Waals surface area contributed by atoms with Crippen molar-refractivity contribution in [2.24, 2.45) is 0 Å². The van der Waals surface area contributed by atoms with Crippen molar-refractivity contribution < 1.29 is 4.79 Å². The first-order valence-corrected chi connectivity index (χ1v) is 9.83. The van der Waals surface area contributed by atoms with E-state index >= 15 is 0 Å². The summed E-state index contributed by atoms with van der Waals surface area (Å²) >= 11 is 7.58. The summed E-state index contributed by atoms with van der Waals surface area (Å²) in [5, 5.41) is 0.513. The lowest BCUT2D eigenvalue weighted by molar-refractivity contribution is 0.103. The molecule has 2 aromatic carbocycles. The molecule has 0 fully saturated rings. The molecule has 0 atom stereocenters. The number of anilines is 1. The quantitative estimate of drug-likeness (QED) is 0.401. The lowest BCUT2D eigenvalue weighted by atomic mass is 9.87. The number of nitrogens with zero attached hydrogens (tertiary/aromatic N) is 1. The zero-order chi connectivity index (χ0) is 19.4. The summed E-state index contributed by atoms with van der Waals surface area (Å²) in [7, 11) is 0. The standard InChI is InChI=1S/C22H21ClN2OS/c1-22(2,3)15-7-10-17(11-8-15)27-25-19-12-9-16(23)14-18(19)21(26)20-6-4-5-13-24-20/h4-14,25H,1-3H3. The number of aromatic nitrogens is 1. The Bertz CT molecular complexity index is 935. The van der Waals surface area contributed by atoms with Crippen LogP contribution in [0.2, 0.25) is 5.02 Å². The Kier molecular flexibility index (Phi) is 5.88. The van der Waals surface area contributed by atoms with E-state index in [0.29, 0.717) is 22.0 Å². The average molecular weight is 397 g/mol. The van der Waals surface area contributed by atoms with Gasteiger partial charge in [0.2, 0.25) is 5.78 Å². The van der Waals surface area contributed by atoms with E-state index in [-0.39, 0.29) is 11.2 Å². The molecular formula is C22H21ClN2OS. The highest BCUT2D eigenvalue weighted by atomic mass is 35.5. The Morgan fingerprint density at radius 2 is 1.78 bits per heavy atom. The van der Waals surface area contributed by atoms with Gasteiger partial charge in [-0.15, -0.1) is 0 Å². The maximum Gasteiger partial charge on any atom is 0.213 e. The number of pyridine rings is 1. The maximum absolute atomic E-state index is 12.8. The SMILES string of the molecule is CC(C)(C)c1ccc(SNc2ccc(Cl)cc2C(=O)c2ccccn2)cc1. The number of carbonyl (C=O) groups excluding carboxylic acids is 1. The van der Waals surface area contributed by atoms with Gasteiger partial charge in [0.15, 0.2) is 0 Å². The second kappa shape index (κ2) is 8.15. The molecule has 1 heterocycles. The monoisotopic (exact) mass is 396 g/mol. The number of carbonyl (C=O) groups is 1. The largest absolute Gasteiger partial charge is 0.325 e. The van der Waals surface area contributed by atoms with Crippen LogP contribution in [0, 0.1) is 0 Å². The molecule has 27 heavy (non-hydrogen) atoms. The van der Waals surface area contributed by atoms with Crippen molar-refractivity contribution in [1.82, 2.24) is 4.98 Å². The molecule has 0 saturated carbocycles. The summed E-state index contributed by atoms with van der Waals surface area (Å²) in [6.45, 7) is 6.57. The van der Waals surface area contributed by atoms with Crippen molar-refractivity contribution in [2.75, 3.05) is 4.72 Å². The molecule has 0 bridgehead atoms. The van der Waals surface area contributed by atoms with Crippen molar-refractivity contribution >= 4 is 35.0 Å². The van der Waals surface area contributed by atoms with E-state index in [4.69, 9.17) is 11.6 Å². The van der Waals surface area contributed by atoms with Crippen LogP contribution in [0.15, 0.2) is 71.8 Å². The molecular weight excluding hydrogens is 376 g/mol. The fourth-order valence-corrected chi connectivity index (χ4v) is 3.42. The molecule has 5 heteroatoms. The van der Waals surface area contributed by atoms with Crippen LogP contribution in [0.4, 0.5) is 5.69 Å². The van der Waals surface area contributed by atoms with E-state index in [0.717, 1.165) is 4.90 Å². The Balaban J connectivity index is 1.80. The van der Waals surface area contributed by atoms with Crippen LogP contribution in [0.1, 0.15) is 42.4 Å². The van der Waals surface area contributed by atoms with Gasteiger partial charge in [-0.05, 0) is 65.4 Å². The molecule has 0 unspecified atom stereocenters. The summed E-state index contributed by atoms with van der Waals surface area (Å²) in [6, 6.07) is 18.9. The van der Waals surface area contributed by atoms with Gasteiger partial charge in [0, 0.05) is 21.7 Å². The van der Waals surface area contributed by atoms with E-state index in [9.17, 15) is 4.79 Å². The first kappa shape index (κ1) is 19.5. The highest BCUT2D eigenvalue weighted by Gasteiger charge is 2.16. The van der Waals surface area contributed by atoms with Crippen LogP contribution in [0.5, 0.6) is 0 Å². The van der Waals surface area contributed by atoms with Crippen LogP contribution in [0.25, 0.3) is 0 Å². The Labute approximate surface area is 169 Å². The molecule has 0 aliphatic carbocycles. The minimum atomic E-state index is -0.163. The summed E-state index contributed by atoms with van der Waals surface area (Å²) in [5.74, 6) is -0.163. The van der Waals surface area contributed by atoms with Gasteiger partial charge in [0.05, 0.1) is 5.69 Å². The van der Waals surface area contributed by atoms with E-state index in [2.05, 4.69) is 54.7 Å². The zero-order valence-electron chi connectivity index (χ0n) is 15.5. The van der Waals surface area contributed by atoms with Gasteiger partial charge in [-0.2, -0.15) is 0 Å². The third-order valence-electron chi connectivity index (χ3n) is 4.12. The lowest BCUT2D eigenvalue weighted by Crippen LogP contribution is -2.10. The molecule has 0 radical (unpaired) electrons. The average Bonchev–Trinajstić information content (AvgIpc) is 2.66. The number of hydrogen-bond acceptors (Lipinski definition) is 4. The predicted molar refractivity (Wildman–Crippen MR) is 114 cm³/mol. The Morgan fingerprint density at radius 1 is 1.04 bits per heavy atom. The normalized spacial score (nSPS) is 11.3. The second-order valence-corrected chi connectivity index (χ2v) is 8.53. The second-order valence-electron chi connectivity index (χ2n) is 7.21. The fourth-order valence-electron chi connectivity index (χ4n) is 2.57. The van der Waals surface area contributed by atoms with E-state index in [1.54, 1.807) is 36.5 Å². The van der Waals surface area contributed by atoms with E-state index in [1.165, 1.54) is 17.5 Å². The fraction of sp³-hybridized carbons (Fsp3) is 0.182. The number of nitrogens with one attached hydrogen (secondary N) is 1. The lowest BCUT2D eigenvalue weighted by Gasteiger charge is -2.19. The van der Waals surface area contributed by atoms with Gasteiger partial charge in [0.1, 0.15) is 5.69 Å². The molecule has 1 aromatic heterocycles. The summed E-state index contributed by atoms with van der Waals surface area (Å²) < 4.78 is 3.28. The number of ketones is 1. The number of benzene rings is 2. The summed E-state index contributed by atoms with van der Waals surface area (Å²) in [6.07, 6.45) is 1.61. The molecule has 0 aliphatic heterocycles. The molecule has 3 rings (SSSR count). The molecule has 0 amide bonds. The highest BCUT2D eigenvalue weighted by molar-refractivity contribution is 8.00. The van der Waals surface area contributed by atoms with E-state index < -0.39 is 0 Å². The van der Waals surface area contributed by atoms with E-state index in [1.807, 2.05) is 6.07 Å². The van der Waals surface area contributed by atoms with Gasteiger partial charge in [-0.3, -0.25) is 9.78 Å². The van der Waals surface area contributed by atoms with Gasteiger partial charge in [0.25, 0.3) is 0 Å². The molecule has 3 nitrogen and oxygen atoms in total. The zero-order valence-corrected chi connectivity index (χ0v) is 17.1. The molecule has 3 aromatic rings. The summed E-state index contributed by atoms with van der Waals surface area (Å²) in [5.41, 5.74) is 3.00. The van der Waals surface area contributed by atoms with Gasteiger partial charge >= 0.3 is 0 Å². The summed E-state index contributed by atoms with van der Waals surface area (Å²) in [4.78, 5) is 18.0.